The summed E-state index contributed by atoms with van der Waals surface area (Å²) in [6.45, 7) is 3.68. The Kier molecular flexibility index (Phi) is 6.77. The van der Waals surface area contributed by atoms with E-state index in [-0.39, 0.29) is 12.1 Å². The molecule has 0 amide bonds. The van der Waals surface area contributed by atoms with Crippen molar-refractivity contribution in [2.75, 3.05) is 5.75 Å². The molecule has 0 radical (unpaired) electrons. The SMILES string of the molecule is C#CCSSCc1ccc(C(=O)OC(C)C)cc1. The maximum absolute atomic E-state index is 11.6. The van der Waals surface area contributed by atoms with E-state index in [1.54, 1.807) is 33.7 Å². The van der Waals surface area contributed by atoms with Crippen LogP contribution in [0.3, 0.4) is 0 Å². The van der Waals surface area contributed by atoms with Crippen molar-refractivity contribution < 1.29 is 9.53 Å². The van der Waals surface area contributed by atoms with Crippen molar-refractivity contribution in [3.05, 3.63) is 35.4 Å². The number of hydrogen-bond acceptors (Lipinski definition) is 4. The first-order chi connectivity index (χ1) is 8.63. The number of hydrogen-bond donors (Lipinski definition) is 0. The first-order valence-corrected chi connectivity index (χ1v) is 8.10. The van der Waals surface area contributed by atoms with Gasteiger partial charge in [0.25, 0.3) is 0 Å². The topological polar surface area (TPSA) is 26.3 Å². The highest BCUT2D eigenvalue weighted by molar-refractivity contribution is 8.76. The Morgan fingerprint density at radius 1 is 1.33 bits per heavy atom. The molecule has 0 N–H and O–H groups in total. The summed E-state index contributed by atoms with van der Waals surface area (Å²) in [5, 5.41) is 0. The van der Waals surface area contributed by atoms with E-state index in [0.717, 1.165) is 5.75 Å². The molecular formula is C14H16O2S2. The Morgan fingerprint density at radius 3 is 2.56 bits per heavy atom. The molecule has 2 nitrogen and oxygen atoms in total. The van der Waals surface area contributed by atoms with Crippen molar-refractivity contribution >= 4 is 27.6 Å². The summed E-state index contributed by atoms with van der Waals surface area (Å²) in [4.78, 5) is 11.6. The van der Waals surface area contributed by atoms with Gasteiger partial charge in [-0.05, 0) is 31.5 Å². The Morgan fingerprint density at radius 2 is 2.00 bits per heavy atom. The number of benzene rings is 1. The average Bonchev–Trinajstić information content (AvgIpc) is 2.34. The molecule has 0 spiro atoms. The number of terminal acetylenes is 1. The van der Waals surface area contributed by atoms with E-state index in [9.17, 15) is 4.79 Å². The number of carbonyl (C=O) groups is 1. The van der Waals surface area contributed by atoms with Crippen LogP contribution in [-0.2, 0) is 10.5 Å². The third-order valence-corrected chi connectivity index (χ3v) is 4.09. The van der Waals surface area contributed by atoms with E-state index in [2.05, 4.69) is 5.92 Å². The van der Waals surface area contributed by atoms with Gasteiger partial charge in [-0.1, -0.05) is 39.6 Å². The van der Waals surface area contributed by atoms with Crippen LogP contribution in [0.4, 0.5) is 0 Å². The van der Waals surface area contributed by atoms with Crippen molar-refractivity contribution in [2.45, 2.75) is 25.7 Å². The maximum atomic E-state index is 11.6. The molecule has 18 heavy (non-hydrogen) atoms. The molecule has 96 valence electrons. The molecule has 0 aliphatic carbocycles. The minimum absolute atomic E-state index is 0.0899. The van der Waals surface area contributed by atoms with Gasteiger partial charge >= 0.3 is 5.97 Å². The Balaban J connectivity index is 2.47. The fraction of sp³-hybridized carbons (Fsp3) is 0.357. The van der Waals surface area contributed by atoms with Gasteiger partial charge in [0.15, 0.2) is 0 Å². The van der Waals surface area contributed by atoms with Gasteiger partial charge in [0.05, 0.1) is 17.4 Å². The molecule has 0 saturated heterocycles. The molecule has 4 heteroatoms. The molecule has 0 heterocycles. The number of carbonyl (C=O) groups excluding carboxylic acids is 1. The summed E-state index contributed by atoms with van der Waals surface area (Å²) < 4.78 is 5.12. The van der Waals surface area contributed by atoms with Crippen molar-refractivity contribution in [2.24, 2.45) is 0 Å². The smallest absolute Gasteiger partial charge is 0.338 e. The standard InChI is InChI=1S/C14H16O2S2/c1-4-9-17-18-10-12-5-7-13(8-6-12)14(15)16-11(2)3/h1,5-8,11H,9-10H2,2-3H3. The lowest BCUT2D eigenvalue weighted by Crippen LogP contribution is -2.11. The van der Waals surface area contributed by atoms with Crippen LogP contribution >= 0.6 is 21.6 Å². The summed E-state index contributed by atoms with van der Waals surface area (Å²) in [6.07, 6.45) is 5.08. The molecule has 0 bridgehead atoms. The van der Waals surface area contributed by atoms with Crippen LogP contribution in [0.15, 0.2) is 24.3 Å². The van der Waals surface area contributed by atoms with E-state index in [1.807, 2.05) is 26.0 Å². The first-order valence-electron chi connectivity index (χ1n) is 5.61. The Labute approximate surface area is 116 Å². The van der Waals surface area contributed by atoms with E-state index in [4.69, 9.17) is 11.2 Å². The van der Waals surface area contributed by atoms with Crippen LogP contribution in [0.25, 0.3) is 0 Å². The van der Waals surface area contributed by atoms with E-state index in [1.165, 1.54) is 5.56 Å². The van der Waals surface area contributed by atoms with Crippen molar-refractivity contribution in [3.8, 4) is 12.3 Å². The molecule has 0 aliphatic rings. The van der Waals surface area contributed by atoms with Gasteiger partial charge in [-0.25, -0.2) is 4.79 Å². The normalized spacial score (nSPS) is 10.1. The molecule has 0 aromatic heterocycles. The number of ether oxygens (including phenoxy) is 1. The Bertz CT molecular complexity index is 418. The van der Waals surface area contributed by atoms with E-state index >= 15 is 0 Å². The highest BCUT2D eigenvalue weighted by Crippen LogP contribution is 2.25. The number of rotatable bonds is 6. The third-order valence-electron chi connectivity index (χ3n) is 1.98. The summed E-state index contributed by atoms with van der Waals surface area (Å²) in [5.74, 6) is 3.90. The van der Waals surface area contributed by atoms with Crippen molar-refractivity contribution in [1.29, 1.82) is 0 Å². The van der Waals surface area contributed by atoms with Gasteiger partial charge in [-0.3, -0.25) is 0 Å². The fourth-order valence-corrected chi connectivity index (χ4v) is 2.88. The van der Waals surface area contributed by atoms with Gasteiger partial charge in [-0.2, -0.15) is 0 Å². The van der Waals surface area contributed by atoms with Gasteiger partial charge in [0, 0.05) is 5.75 Å². The van der Waals surface area contributed by atoms with Crippen LogP contribution in [0.5, 0.6) is 0 Å². The lowest BCUT2D eigenvalue weighted by molar-refractivity contribution is 0.0378. The molecule has 0 atom stereocenters. The number of esters is 1. The van der Waals surface area contributed by atoms with Crippen LogP contribution in [0.1, 0.15) is 29.8 Å². The minimum Gasteiger partial charge on any atom is -0.459 e. The van der Waals surface area contributed by atoms with Crippen LogP contribution in [-0.4, -0.2) is 17.8 Å². The third kappa shape index (κ3) is 5.52. The van der Waals surface area contributed by atoms with Crippen LogP contribution in [0, 0.1) is 12.3 Å². The second kappa shape index (κ2) is 8.12. The molecule has 0 fully saturated rings. The summed E-state index contributed by atoms with van der Waals surface area (Å²) in [7, 11) is 3.37. The molecule has 1 rings (SSSR count). The highest BCUT2D eigenvalue weighted by Gasteiger charge is 2.08. The summed E-state index contributed by atoms with van der Waals surface area (Å²) in [5.41, 5.74) is 1.76. The molecular weight excluding hydrogens is 264 g/mol. The van der Waals surface area contributed by atoms with E-state index < -0.39 is 0 Å². The predicted octanol–water partition coefficient (Wildman–Crippen LogP) is 3.77. The molecule has 0 unspecified atom stereocenters. The quantitative estimate of drug-likeness (QED) is 0.343. The van der Waals surface area contributed by atoms with Crippen LogP contribution in [0.2, 0.25) is 0 Å². The maximum Gasteiger partial charge on any atom is 0.338 e. The van der Waals surface area contributed by atoms with Gasteiger partial charge in [0.2, 0.25) is 0 Å². The zero-order chi connectivity index (χ0) is 13.4. The largest absolute Gasteiger partial charge is 0.459 e. The van der Waals surface area contributed by atoms with E-state index in [0.29, 0.717) is 11.3 Å². The lowest BCUT2D eigenvalue weighted by Gasteiger charge is -2.08. The minimum atomic E-state index is -0.272. The van der Waals surface area contributed by atoms with Gasteiger partial charge in [0.1, 0.15) is 0 Å². The predicted molar refractivity (Wildman–Crippen MR) is 79.6 cm³/mol. The Hall–Kier alpha value is -1.05. The molecule has 1 aromatic carbocycles. The van der Waals surface area contributed by atoms with Gasteiger partial charge in [-0.15, -0.1) is 6.42 Å². The summed E-state index contributed by atoms with van der Waals surface area (Å²) in [6, 6.07) is 7.49. The fourth-order valence-electron chi connectivity index (χ4n) is 1.20. The monoisotopic (exact) mass is 280 g/mol. The zero-order valence-electron chi connectivity index (χ0n) is 10.5. The lowest BCUT2D eigenvalue weighted by atomic mass is 10.1. The average molecular weight is 280 g/mol. The van der Waals surface area contributed by atoms with Crippen molar-refractivity contribution in [3.63, 3.8) is 0 Å². The molecule has 0 saturated carbocycles. The summed E-state index contributed by atoms with van der Waals surface area (Å²) >= 11 is 0. The van der Waals surface area contributed by atoms with Crippen LogP contribution < -0.4 is 0 Å². The highest BCUT2D eigenvalue weighted by atomic mass is 33.1. The zero-order valence-corrected chi connectivity index (χ0v) is 12.1. The van der Waals surface area contributed by atoms with Gasteiger partial charge < -0.3 is 4.74 Å². The molecule has 0 aliphatic heterocycles. The van der Waals surface area contributed by atoms with Crippen molar-refractivity contribution in [1.82, 2.24) is 0 Å². The second-order valence-corrected chi connectivity index (χ2v) is 6.34. The second-order valence-electron chi connectivity index (χ2n) is 3.88. The molecule has 1 aromatic rings. The first kappa shape index (κ1) is 15.0.